The van der Waals surface area contributed by atoms with E-state index in [0.717, 1.165) is 0 Å². The van der Waals surface area contributed by atoms with E-state index in [1.54, 1.807) is 20.2 Å². The van der Waals surface area contributed by atoms with E-state index in [4.69, 9.17) is 25.4 Å². The summed E-state index contributed by atoms with van der Waals surface area (Å²) in [5, 5.41) is 18.2. The molecule has 1 heterocycles. The number of carbonyl (C=O) groups is 1. The lowest BCUT2D eigenvalue weighted by Gasteiger charge is -2.18. The summed E-state index contributed by atoms with van der Waals surface area (Å²) in [6.45, 7) is 0. The average Bonchev–Trinajstić information content (AvgIpc) is 2.87. The number of rotatable bonds is 10. The first-order valence-corrected chi connectivity index (χ1v) is 12.8. The summed E-state index contributed by atoms with van der Waals surface area (Å²) >= 11 is 6.42. The lowest BCUT2D eigenvalue weighted by Crippen LogP contribution is -2.21. The van der Waals surface area contributed by atoms with Crippen molar-refractivity contribution in [3.05, 3.63) is 65.2 Å². The number of hydrogen-bond donors (Lipinski definition) is 3. The van der Waals surface area contributed by atoms with Gasteiger partial charge in [-0.1, -0.05) is 37.9 Å². The zero-order chi connectivity index (χ0) is 27.3. The molecule has 3 rings (SSSR count). The molecule has 0 aliphatic carbocycles. The fraction of sp³-hybridized carbons (Fsp3) is 0.208. The fourth-order valence-electron chi connectivity index (χ4n) is 2.92. The maximum Gasteiger partial charge on any atom is 0.263 e. The minimum Gasteiger partial charge on any atom is -0.504 e. The van der Waals surface area contributed by atoms with Crippen LogP contribution < -0.4 is 19.9 Å². The van der Waals surface area contributed by atoms with Crippen LogP contribution in [0.2, 0.25) is 0 Å². The van der Waals surface area contributed by atoms with E-state index in [-0.39, 0.29) is 45.0 Å². The number of ether oxygens (including phenoxy) is 3. The number of nitrogens with zero attached hydrogens (tertiary/aromatic N) is 2. The van der Waals surface area contributed by atoms with Crippen molar-refractivity contribution in [1.29, 1.82) is 5.41 Å². The monoisotopic (exact) mass is 642 g/mol. The van der Waals surface area contributed by atoms with Gasteiger partial charge in [0.1, 0.15) is 17.7 Å². The molecule has 13 heteroatoms. The van der Waals surface area contributed by atoms with Gasteiger partial charge in [-0.2, -0.15) is 13.8 Å². The summed E-state index contributed by atoms with van der Waals surface area (Å²) < 4.78 is 47.3. The van der Waals surface area contributed by atoms with Crippen molar-refractivity contribution in [1.82, 2.24) is 9.88 Å². The van der Waals surface area contributed by atoms with Crippen molar-refractivity contribution < 1.29 is 32.9 Å². The highest BCUT2D eigenvalue weighted by Crippen LogP contribution is 2.40. The van der Waals surface area contributed by atoms with Crippen molar-refractivity contribution in [2.75, 3.05) is 24.8 Å². The van der Waals surface area contributed by atoms with Gasteiger partial charge in [0, 0.05) is 35.9 Å². The first-order chi connectivity index (χ1) is 17.5. The van der Waals surface area contributed by atoms with Crippen LogP contribution in [-0.2, 0) is 0 Å². The third-order valence-electron chi connectivity index (χ3n) is 4.79. The standard InChI is InChI=1S/C24H22Br2F2N4O5/c1-32(2)24(34)13-4-3-5-14(8-13)36-22-18(27)20(35-15(10-25)11-26)19(28)23(31-22)37-17-9-12(21(29)30)6-7-16(17)33/h3-9,15,33H,10-11H2,1-2H3,(H3,29,30). The smallest absolute Gasteiger partial charge is 0.263 e. The highest BCUT2D eigenvalue weighted by Gasteiger charge is 2.28. The Kier molecular flexibility index (Phi) is 9.27. The number of pyridine rings is 1. The molecule has 0 fully saturated rings. The second-order valence-electron chi connectivity index (χ2n) is 7.76. The van der Waals surface area contributed by atoms with Crippen LogP contribution in [0.15, 0.2) is 42.5 Å². The Labute approximate surface area is 227 Å². The Balaban J connectivity index is 2.10. The third-order valence-corrected chi connectivity index (χ3v) is 6.23. The van der Waals surface area contributed by atoms with E-state index < -0.39 is 41.0 Å². The van der Waals surface area contributed by atoms with Crippen LogP contribution in [0, 0.1) is 17.0 Å². The normalized spacial score (nSPS) is 10.8. The van der Waals surface area contributed by atoms with Crippen molar-refractivity contribution in [3.63, 3.8) is 0 Å². The van der Waals surface area contributed by atoms with Crippen LogP contribution in [0.25, 0.3) is 0 Å². The summed E-state index contributed by atoms with van der Waals surface area (Å²) in [5.41, 5.74) is 5.93. The molecule has 0 unspecified atom stereocenters. The Morgan fingerprint density at radius 3 is 2.32 bits per heavy atom. The number of nitrogens with one attached hydrogen (secondary N) is 1. The fourth-order valence-corrected chi connectivity index (χ4v) is 4.26. The number of nitrogens with two attached hydrogens (primary N) is 1. The van der Waals surface area contributed by atoms with E-state index in [1.165, 1.54) is 41.3 Å². The second kappa shape index (κ2) is 12.2. The molecule has 0 saturated heterocycles. The molecular formula is C24H22Br2F2N4O5. The lowest BCUT2D eigenvalue weighted by atomic mass is 10.2. The van der Waals surface area contributed by atoms with E-state index in [0.29, 0.717) is 0 Å². The van der Waals surface area contributed by atoms with Gasteiger partial charge in [-0.15, -0.1) is 0 Å². The van der Waals surface area contributed by atoms with Gasteiger partial charge in [-0.05, 0) is 36.4 Å². The predicted octanol–water partition coefficient (Wildman–Crippen LogP) is 5.17. The Morgan fingerprint density at radius 1 is 1.08 bits per heavy atom. The molecular weight excluding hydrogens is 622 g/mol. The molecule has 3 aromatic rings. The molecule has 9 nitrogen and oxygen atoms in total. The minimum atomic E-state index is -1.29. The lowest BCUT2D eigenvalue weighted by molar-refractivity contribution is 0.0827. The number of nitrogen functional groups attached to an aromatic ring is 1. The maximum absolute atomic E-state index is 15.4. The Bertz CT molecular complexity index is 1320. The predicted molar refractivity (Wildman–Crippen MR) is 140 cm³/mol. The number of amides is 1. The topological polar surface area (TPSA) is 131 Å². The van der Waals surface area contributed by atoms with Gasteiger partial charge >= 0.3 is 0 Å². The summed E-state index contributed by atoms with van der Waals surface area (Å²) in [6, 6.07) is 9.66. The molecule has 4 N–H and O–H groups in total. The number of amidine groups is 1. The van der Waals surface area contributed by atoms with Crippen LogP contribution in [0.3, 0.4) is 0 Å². The number of alkyl halides is 2. The average molecular weight is 644 g/mol. The van der Waals surface area contributed by atoms with Crippen molar-refractivity contribution in [3.8, 4) is 34.8 Å². The quantitative estimate of drug-likeness (QED) is 0.158. The van der Waals surface area contributed by atoms with E-state index in [1.807, 2.05) is 0 Å². The molecule has 0 spiro atoms. The highest BCUT2D eigenvalue weighted by atomic mass is 79.9. The van der Waals surface area contributed by atoms with Crippen LogP contribution >= 0.6 is 31.9 Å². The van der Waals surface area contributed by atoms with Crippen LogP contribution in [0.1, 0.15) is 15.9 Å². The zero-order valence-electron chi connectivity index (χ0n) is 19.6. The van der Waals surface area contributed by atoms with Crippen molar-refractivity contribution >= 4 is 43.6 Å². The SMILES string of the molecule is CN(C)C(=O)c1cccc(Oc2nc(Oc3cc(C(=N)N)ccc3O)c(F)c(OC(CBr)CBr)c2F)c1. The van der Waals surface area contributed by atoms with E-state index >= 15 is 8.78 Å². The van der Waals surface area contributed by atoms with Crippen molar-refractivity contribution in [2.24, 2.45) is 5.73 Å². The van der Waals surface area contributed by atoms with Gasteiger partial charge < -0.3 is 30.0 Å². The molecule has 196 valence electrons. The number of phenols is 1. The van der Waals surface area contributed by atoms with Gasteiger partial charge in [0.15, 0.2) is 11.5 Å². The van der Waals surface area contributed by atoms with Crippen molar-refractivity contribution in [2.45, 2.75) is 6.10 Å². The summed E-state index contributed by atoms with van der Waals surface area (Å²) in [6.07, 6.45) is -0.678. The first kappa shape index (κ1) is 28.1. The molecule has 0 aliphatic rings. The molecule has 0 saturated carbocycles. The highest BCUT2D eigenvalue weighted by molar-refractivity contribution is 9.09. The number of aromatic nitrogens is 1. The largest absolute Gasteiger partial charge is 0.504 e. The van der Waals surface area contributed by atoms with Gasteiger partial charge in [0.25, 0.3) is 17.7 Å². The Hall–Kier alpha value is -3.45. The van der Waals surface area contributed by atoms with E-state index in [9.17, 15) is 9.90 Å². The molecule has 1 aromatic heterocycles. The van der Waals surface area contributed by atoms with Gasteiger partial charge in [-0.25, -0.2) is 0 Å². The molecule has 2 aromatic carbocycles. The third kappa shape index (κ3) is 6.66. The van der Waals surface area contributed by atoms with Crippen LogP contribution in [0.5, 0.6) is 34.8 Å². The van der Waals surface area contributed by atoms with Gasteiger partial charge in [0.05, 0.1) is 0 Å². The van der Waals surface area contributed by atoms with Crippen LogP contribution in [0.4, 0.5) is 8.78 Å². The molecule has 37 heavy (non-hydrogen) atoms. The van der Waals surface area contributed by atoms with E-state index in [2.05, 4.69) is 36.8 Å². The molecule has 1 amide bonds. The minimum absolute atomic E-state index is 0.0431. The van der Waals surface area contributed by atoms with Crippen LogP contribution in [-0.4, -0.2) is 57.6 Å². The molecule has 0 bridgehead atoms. The molecule has 0 atom stereocenters. The van der Waals surface area contributed by atoms with Gasteiger partial charge in [0.2, 0.25) is 17.4 Å². The maximum atomic E-state index is 15.4. The number of benzene rings is 2. The Morgan fingerprint density at radius 2 is 1.73 bits per heavy atom. The summed E-state index contributed by atoms with van der Waals surface area (Å²) in [4.78, 5) is 17.5. The van der Waals surface area contributed by atoms with Gasteiger partial charge in [-0.3, -0.25) is 10.2 Å². The first-order valence-electron chi connectivity index (χ1n) is 10.6. The number of aromatic hydroxyl groups is 1. The second-order valence-corrected chi connectivity index (χ2v) is 9.05. The summed E-state index contributed by atoms with van der Waals surface area (Å²) in [7, 11) is 3.15. The summed E-state index contributed by atoms with van der Waals surface area (Å²) in [5.74, 6) is -6.14. The molecule has 0 radical (unpaired) electrons. The number of halogens is 4. The number of carbonyl (C=O) groups excluding carboxylic acids is 1. The zero-order valence-corrected chi connectivity index (χ0v) is 22.8. The number of phenolic OH excluding ortho intramolecular Hbond substituents is 1. The molecule has 0 aliphatic heterocycles. The number of hydrogen-bond acceptors (Lipinski definition) is 7.